The Morgan fingerprint density at radius 3 is 2.46 bits per heavy atom. The van der Waals surface area contributed by atoms with Gasteiger partial charge in [-0.2, -0.15) is 0 Å². The second-order valence-corrected chi connectivity index (χ2v) is 8.14. The maximum absolute atomic E-state index is 14.7. The van der Waals surface area contributed by atoms with Crippen LogP contribution in [0.25, 0.3) is 5.70 Å². The number of hydrogen-bond acceptors (Lipinski definition) is 4. The van der Waals surface area contributed by atoms with Crippen LogP contribution in [0.15, 0.2) is 24.8 Å². The van der Waals surface area contributed by atoms with Gasteiger partial charge in [0.2, 0.25) is 0 Å². The highest BCUT2D eigenvalue weighted by Crippen LogP contribution is 2.31. The molecule has 0 spiro atoms. The summed E-state index contributed by atoms with van der Waals surface area (Å²) in [6, 6.07) is 6.16. The molecule has 0 N–H and O–H groups in total. The van der Waals surface area contributed by atoms with Crippen LogP contribution in [0.1, 0.15) is 47.5 Å². The van der Waals surface area contributed by atoms with Gasteiger partial charge >= 0.3 is 0 Å². The third-order valence-corrected chi connectivity index (χ3v) is 6.21. The third kappa shape index (κ3) is 3.62. The number of anilines is 1. The molecule has 1 aliphatic heterocycles. The topological polar surface area (TPSA) is 32.3 Å². The first kappa shape index (κ1) is 18.9. The average molecular weight is 381 g/mol. The molecule has 28 heavy (non-hydrogen) atoms. The first-order chi connectivity index (χ1) is 13.4. The van der Waals surface area contributed by atoms with Crippen LogP contribution in [-0.2, 0) is 12.8 Å². The van der Waals surface area contributed by atoms with Crippen LogP contribution in [0.2, 0.25) is 0 Å². The molecule has 1 saturated heterocycles. The summed E-state index contributed by atoms with van der Waals surface area (Å²) in [4.78, 5) is 13.5. The number of aryl methyl sites for hydroxylation is 4. The summed E-state index contributed by atoms with van der Waals surface area (Å²) in [5.74, 6) is 1.69. The van der Waals surface area contributed by atoms with Crippen molar-refractivity contribution in [3.63, 3.8) is 0 Å². The molecular formula is C23H29FN4. The van der Waals surface area contributed by atoms with E-state index in [9.17, 15) is 4.39 Å². The predicted octanol–water partition coefficient (Wildman–Crippen LogP) is 4.29. The second-order valence-electron chi connectivity index (χ2n) is 8.14. The molecule has 0 bridgehead atoms. The SMILES string of the molecule is C=C(c1cc2c(cc1F)CCC2)N(C)C1CCN(c2cc(C)nc(C)n2)CC1. The molecule has 2 aliphatic rings. The molecule has 1 aromatic heterocycles. The van der Waals surface area contributed by atoms with E-state index < -0.39 is 0 Å². The number of aromatic nitrogens is 2. The van der Waals surface area contributed by atoms with Crippen molar-refractivity contribution in [2.45, 2.75) is 52.0 Å². The van der Waals surface area contributed by atoms with Gasteiger partial charge in [-0.25, -0.2) is 14.4 Å². The third-order valence-electron chi connectivity index (χ3n) is 6.21. The van der Waals surface area contributed by atoms with Crippen LogP contribution in [0, 0.1) is 19.7 Å². The summed E-state index contributed by atoms with van der Waals surface area (Å²) in [6.45, 7) is 10.1. The van der Waals surface area contributed by atoms with E-state index in [1.807, 2.05) is 27.0 Å². The van der Waals surface area contributed by atoms with Gasteiger partial charge in [-0.3, -0.25) is 0 Å². The zero-order chi connectivity index (χ0) is 19.8. The van der Waals surface area contributed by atoms with Gasteiger partial charge in [-0.15, -0.1) is 0 Å². The van der Waals surface area contributed by atoms with E-state index in [2.05, 4.69) is 32.4 Å². The molecule has 5 heteroatoms. The molecule has 1 fully saturated rings. The van der Waals surface area contributed by atoms with E-state index >= 15 is 0 Å². The standard InChI is InChI=1S/C23H29FN4/c1-15-12-23(26-17(3)25-15)28-10-8-20(9-11-28)27(4)16(2)21-13-18-6-5-7-19(18)14-22(21)24/h12-14,20H,2,5-11H2,1,3-4H3. The summed E-state index contributed by atoms with van der Waals surface area (Å²) >= 11 is 0. The first-order valence-electron chi connectivity index (χ1n) is 10.2. The number of halogens is 1. The van der Waals surface area contributed by atoms with E-state index in [0.29, 0.717) is 11.6 Å². The fraction of sp³-hybridized carbons (Fsp3) is 0.478. The fourth-order valence-electron chi connectivity index (χ4n) is 4.57. The van der Waals surface area contributed by atoms with Gasteiger partial charge in [0.05, 0.1) is 0 Å². The molecule has 0 radical (unpaired) electrons. The van der Waals surface area contributed by atoms with Crippen molar-refractivity contribution in [2.75, 3.05) is 25.0 Å². The number of rotatable bonds is 4. The van der Waals surface area contributed by atoms with Crippen molar-refractivity contribution in [1.82, 2.24) is 14.9 Å². The smallest absolute Gasteiger partial charge is 0.132 e. The second kappa shape index (κ2) is 7.53. The van der Waals surface area contributed by atoms with Crippen LogP contribution in [-0.4, -0.2) is 41.0 Å². The highest BCUT2D eigenvalue weighted by molar-refractivity contribution is 5.64. The molecule has 0 atom stereocenters. The Morgan fingerprint density at radius 2 is 1.79 bits per heavy atom. The van der Waals surface area contributed by atoms with E-state index in [-0.39, 0.29) is 5.82 Å². The van der Waals surface area contributed by atoms with Crippen molar-refractivity contribution in [2.24, 2.45) is 0 Å². The summed E-state index contributed by atoms with van der Waals surface area (Å²) in [7, 11) is 2.05. The van der Waals surface area contributed by atoms with E-state index in [0.717, 1.165) is 68.2 Å². The zero-order valence-corrected chi connectivity index (χ0v) is 17.1. The van der Waals surface area contributed by atoms with E-state index in [1.54, 1.807) is 6.07 Å². The minimum absolute atomic E-state index is 0.137. The lowest BCUT2D eigenvalue weighted by atomic mass is 9.99. The van der Waals surface area contributed by atoms with Crippen LogP contribution in [0.4, 0.5) is 10.2 Å². The van der Waals surface area contributed by atoms with Crippen molar-refractivity contribution in [3.05, 3.63) is 58.8 Å². The number of fused-ring (bicyclic) bond motifs is 1. The minimum Gasteiger partial charge on any atom is -0.371 e. The monoisotopic (exact) mass is 380 g/mol. The normalized spacial score (nSPS) is 16.9. The Kier molecular flexibility index (Phi) is 5.09. The van der Waals surface area contributed by atoms with Crippen LogP contribution < -0.4 is 4.90 Å². The van der Waals surface area contributed by atoms with Gasteiger partial charge in [0, 0.05) is 49.2 Å². The molecule has 0 unspecified atom stereocenters. The molecule has 4 rings (SSSR count). The lowest BCUT2D eigenvalue weighted by Gasteiger charge is -2.39. The lowest BCUT2D eigenvalue weighted by molar-refractivity contribution is 0.291. The Morgan fingerprint density at radius 1 is 1.11 bits per heavy atom. The molecule has 2 aromatic rings. The lowest BCUT2D eigenvalue weighted by Crippen LogP contribution is -2.43. The molecule has 0 amide bonds. The maximum atomic E-state index is 14.7. The van der Waals surface area contributed by atoms with Gasteiger partial charge in [-0.05, 0) is 69.2 Å². The van der Waals surface area contributed by atoms with Gasteiger partial charge in [0.25, 0.3) is 0 Å². The Labute approximate surface area is 167 Å². The highest BCUT2D eigenvalue weighted by Gasteiger charge is 2.26. The Hall–Kier alpha value is -2.43. The predicted molar refractivity (Wildman–Crippen MR) is 112 cm³/mol. The fourth-order valence-corrected chi connectivity index (χ4v) is 4.57. The Bertz CT molecular complexity index is 879. The molecule has 1 aromatic carbocycles. The van der Waals surface area contributed by atoms with Gasteiger partial charge < -0.3 is 9.80 Å². The minimum atomic E-state index is -0.137. The van der Waals surface area contributed by atoms with Crippen molar-refractivity contribution in [3.8, 4) is 0 Å². The largest absolute Gasteiger partial charge is 0.371 e. The quantitative estimate of drug-likeness (QED) is 0.792. The molecule has 4 nitrogen and oxygen atoms in total. The van der Waals surface area contributed by atoms with Crippen LogP contribution in [0.5, 0.6) is 0 Å². The molecule has 1 aliphatic carbocycles. The number of benzene rings is 1. The van der Waals surface area contributed by atoms with Crippen LogP contribution in [0.3, 0.4) is 0 Å². The highest BCUT2D eigenvalue weighted by atomic mass is 19.1. The van der Waals surface area contributed by atoms with Crippen molar-refractivity contribution >= 4 is 11.5 Å². The molecular weight excluding hydrogens is 351 g/mol. The first-order valence-corrected chi connectivity index (χ1v) is 10.2. The average Bonchev–Trinajstić information content (AvgIpc) is 3.12. The molecule has 2 heterocycles. The number of nitrogens with zero attached hydrogens (tertiary/aromatic N) is 4. The number of piperidine rings is 1. The van der Waals surface area contributed by atoms with E-state index in [4.69, 9.17) is 0 Å². The van der Waals surface area contributed by atoms with Gasteiger partial charge in [-0.1, -0.05) is 6.58 Å². The zero-order valence-electron chi connectivity index (χ0n) is 17.1. The van der Waals surface area contributed by atoms with Crippen molar-refractivity contribution < 1.29 is 4.39 Å². The summed E-state index contributed by atoms with van der Waals surface area (Å²) in [5, 5.41) is 0. The summed E-state index contributed by atoms with van der Waals surface area (Å²) in [6.07, 6.45) is 5.18. The van der Waals surface area contributed by atoms with Gasteiger partial charge in [0.1, 0.15) is 17.5 Å². The van der Waals surface area contributed by atoms with Crippen molar-refractivity contribution in [1.29, 1.82) is 0 Å². The molecule has 148 valence electrons. The molecule has 0 saturated carbocycles. The summed E-state index contributed by atoms with van der Waals surface area (Å²) < 4.78 is 14.7. The summed E-state index contributed by atoms with van der Waals surface area (Å²) in [5.41, 5.74) is 4.91. The maximum Gasteiger partial charge on any atom is 0.132 e. The number of hydrogen-bond donors (Lipinski definition) is 0. The van der Waals surface area contributed by atoms with E-state index in [1.165, 1.54) is 11.1 Å². The van der Waals surface area contributed by atoms with Crippen LogP contribution >= 0.6 is 0 Å². The van der Waals surface area contributed by atoms with Gasteiger partial charge in [0.15, 0.2) is 0 Å². The Balaban J connectivity index is 1.44.